The van der Waals surface area contributed by atoms with Gasteiger partial charge in [-0.05, 0) is 46.5 Å². The normalized spacial score (nSPS) is 18.3. The summed E-state index contributed by atoms with van der Waals surface area (Å²) in [5.74, 6) is -0.744. The van der Waals surface area contributed by atoms with Gasteiger partial charge in [0.1, 0.15) is 0 Å². The number of hydrogen-bond acceptors (Lipinski definition) is 3. The van der Waals surface area contributed by atoms with Gasteiger partial charge in [0.15, 0.2) is 0 Å². The third-order valence-corrected chi connectivity index (χ3v) is 4.08. The van der Waals surface area contributed by atoms with Crippen LogP contribution in [0.15, 0.2) is 0 Å². The molecule has 1 fully saturated rings. The minimum atomic E-state index is -0.878. The summed E-state index contributed by atoms with van der Waals surface area (Å²) in [7, 11) is 0. The Morgan fingerprint density at radius 1 is 1.33 bits per heavy atom. The van der Waals surface area contributed by atoms with Gasteiger partial charge in [-0.15, -0.1) is 0 Å². The Morgan fingerprint density at radius 3 is 2.17 bits per heavy atom. The molecule has 0 aromatic carbocycles. The molecule has 5 heteroatoms. The lowest BCUT2D eigenvalue weighted by atomic mass is 9.74. The van der Waals surface area contributed by atoms with Crippen molar-refractivity contribution in [2.75, 3.05) is 0 Å². The summed E-state index contributed by atoms with van der Waals surface area (Å²) in [6.45, 7) is 7.17. The average molecular weight is 256 g/mol. The molecule has 0 aliphatic heterocycles. The molecule has 18 heavy (non-hydrogen) atoms. The number of nitrogens with two attached hydrogens (primary N) is 1. The first-order valence-corrected chi connectivity index (χ1v) is 6.37. The molecule has 0 aromatic rings. The smallest absolute Gasteiger partial charge is 0.305 e. The standard InChI is InChI=1S/C13H24N2O3/c1-12(2,13(3,4)14)11(18)15-9(7-10(16)17)8-5-6-8/h8-9H,5-7,14H2,1-4H3,(H,15,18)(H,16,17). The molecule has 1 saturated carbocycles. The van der Waals surface area contributed by atoms with Crippen molar-refractivity contribution < 1.29 is 14.7 Å². The molecule has 0 saturated heterocycles. The van der Waals surface area contributed by atoms with E-state index in [-0.39, 0.29) is 18.4 Å². The molecule has 1 aliphatic rings. The number of carboxylic acid groups (broad SMARTS) is 1. The van der Waals surface area contributed by atoms with E-state index in [1.165, 1.54) is 0 Å². The lowest BCUT2D eigenvalue weighted by Crippen LogP contribution is -2.57. The topological polar surface area (TPSA) is 92.4 Å². The van der Waals surface area contributed by atoms with Crippen LogP contribution < -0.4 is 11.1 Å². The summed E-state index contributed by atoms with van der Waals surface area (Å²) >= 11 is 0. The maximum absolute atomic E-state index is 12.3. The fourth-order valence-corrected chi connectivity index (χ4v) is 1.66. The molecule has 4 N–H and O–H groups in total. The van der Waals surface area contributed by atoms with Crippen molar-refractivity contribution in [3.63, 3.8) is 0 Å². The number of carbonyl (C=O) groups is 2. The number of aliphatic carboxylic acids is 1. The molecule has 1 unspecified atom stereocenters. The van der Waals surface area contributed by atoms with E-state index < -0.39 is 16.9 Å². The maximum atomic E-state index is 12.3. The van der Waals surface area contributed by atoms with E-state index in [1.807, 2.05) is 0 Å². The predicted octanol–water partition coefficient (Wildman–Crippen LogP) is 1.12. The van der Waals surface area contributed by atoms with Crippen LogP contribution >= 0.6 is 0 Å². The Kier molecular flexibility index (Phi) is 4.05. The van der Waals surface area contributed by atoms with Crippen molar-refractivity contribution in [2.45, 2.75) is 58.5 Å². The zero-order chi connectivity index (χ0) is 14.1. The number of rotatable bonds is 6. The highest BCUT2D eigenvalue weighted by atomic mass is 16.4. The average Bonchev–Trinajstić information content (AvgIpc) is 2.96. The molecule has 1 atom stereocenters. The van der Waals surface area contributed by atoms with Gasteiger partial charge in [-0.25, -0.2) is 0 Å². The highest BCUT2D eigenvalue weighted by Crippen LogP contribution is 2.35. The van der Waals surface area contributed by atoms with Crippen molar-refractivity contribution in [3.8, 4) is 0 Å². The van der Waals surface area contributed by atoms with Gasteiger partial charge in [-0.1, -0.05) is 0 Å². The van der Waals surface area contributed by atoms with Crippen molar-refractivity contribution in [3.05, 3.63) is 0 Å². The summed E-state index contributed by atoms with van der Waals surface area (Å²) in [5.41, 5.74) is 4.61. The van der Waals surface area contributed by atoms with E-state index in [0.29, 0.717) is 5.92 Å². The highest BCUT2D eigenvalue weighted by molar-refractivity contribution is 5.84. The Morgan fingerprint density at radius 2 is 1.83 bits per heavy atom. The van der Waals surface area contributed by atoms with Crippen molar-refractivity contribution in [1.82, 2.24) is 5.32 Å². The molecule has 5 nitrogen and oxygen atoms in total. The molecule has 0 heterocycles. The summed E-state index contributed by atoms with van der Waals surface area (Å²) in [4.78, 5) is 23.0. The lowest BCUT2D eigenvalue weighted by molar-refractivity contribution is -0.138. The van der Waals surface area contributed by atoms with E-state index in [4.69, 9.17) is 10.8 Å². The zero-order valence-corrected chi connectivity index (χ0v) is 11.6. The van der Waals surface area contributed by atoms with Crippen LogP contribution in [-0.2, 0) is 9.59 Å². The van der Waals surface area contributed by atoms with Crippen LogP contribution in [0.2, 0.25) is 0 Å². The first-order chi connectivity index (χ1) is 8.05. The minimum Gasteiger partial charge on any atom is -0.481 e. The fourth-order valence-electron chi connectivity index (χ4n) is 1.66. The van der Waals surface area contributed by atoms with Crippen molar-refractivity contribution >= 4 is 11.9 Å². The van der Waals surface area contributed by atoms with Crippen LogP contribution in [0.5, 0.6) is 0 Å². The van der Waals surface area contributed by atoms with E-state index in [9.17, 15) is 9.59 Å². The molecule has 0 aromatic heterocycles. The van der Waals surface area contributed by atoms with E-state index in [2.05, 4.69) is 5.32 Å². The number of hydrogen-bond donors (Lipinski definition) is 3. The lowest BCUT2D eigenvalue weighted by Gasteiger charge is -2.38. The quantitative estimate of drug-likeness (QED) is 0.664. The van der Waals surface area contributed by atoms with Gasteiger partial charge in [0.05, 0.1) is 11.8 Å². The number of nitrogens with one attached hydrogen (secondary N) is 1. The van der Waals surface area contributed by atoms with Gasteiger partial charge in [0, 0.05) is 11.6 Å². The molecule has 0 spiro atoms. The number of carbonyl (C=O) groups excluding carboxylic acids is 1. The van der Waals surface area contributed by atoms with E-state index >= 15 is 0 Å². The highest BCUT2D eigenvalue weighted by Gasteiger charge is 2.43. The van der Waals surface area contributed by atoms with Crippen LogP contribution in [0.4, 0.5) is 0 Å². The number of carboxylic acids is 1. The molecule has 1 aliphatic carbocycles. The molecular weight excluding hydrogens is 232 g/mol. The van der Waals surface area contributed by atoms with Gasteiger partial charge in [0.2, 0.25) is 5.91 Å². The second-order valence-corrected chi connectivity index (χ2v) is 6.36. The molecule has 0 bridgehead atoms. The van der Waals surface area contributed by atoms with Gasteiger partial charge < -0.3 is 16.2 Å². The molecule has 0 radical (unpaired) electrons. The predicted molar refractivity (Wildman–Crippen MR) is 69.0 cm³/mol. The molecule has 1 amide bonds. The SMILES string of the molecule is CC(C)(N)C(C)(C)C(=O)NC(CC(=O)O)C1CC1. The molecule has 1 rings (SSSR count). The summed E-state index contributed by atoms with van der Waals surface area (Å²) in [6, 6.07) is -0.267. The summed E-state index contributed by atoms with van der Waals surface area (Å²) in [6.07, 6.45) is 1.97. The van der Waals surface area contributed by atoms with E-state index in [1.54, 1.807) is 27.7 Å². The van der Waals surface area contributed by atoms with Gasteiger partial charge in [-0.2, -0.15) is 0 Å². The first-order valence-electron chi connectivity index (χ1n) is 6.37. The summed E-state index contributed by atoms with van der Waals surface area (Å²) < 4.78 is 0. The monoisotopic (exact) mass is 256 g/mol. The van der Waals surface area contributed by atoms with Crippen molar-refractivity contribution in [1.29, 1.82) is 0 Å². The Hall–Kier alpha value is -1.10. The van der Waals surface area contributed by atoms with Crippen LogP contribution in [-0.4, -0.2) is 28.6 Å². The number of amides is 1. The second-order valence-electron chi connectivity index (χ2n) is 6.36. The van der Waals surface area contributed by atoms with Gasteiger partial charge in [-0.3, -0.25) is 9.59 Å². The fraction of sp³-hybridized carbons (Fsp3) is 0.846. The third-order valence-electron chi connectivity index (χ3n) is 4.08. The van der Waals surface area contributed by atoms with Crippen LogP contribution in [0.1, 0.15) is 47.0 Å². The van der Waals surface area contributed by atoms with Crippen LogP contribution in [0, 0.1) is 11.3 Å². The van der Waals surface area contributed by atoms with Gasteiger partial charge in [0.25, 0.3) is 0 Å². The minimum absolute atomic E-state index is 0.0164. The van der Waals surface area contributed by atoms with Crippen LogP contribution in [0.3, 0.4) is 0 Å². The first kappa shape index (κ1) is 15.0. The largest absolute Gasteiger partial charge is 0.481 e. The summed E-state index contributed by atoms with van der Waals surface area (Å²) in [5, 5.41) is 11.7. The maximum Gasteiger partial charge on any atom is 0.305 e. The molecular formula is C13H24N2O3. The Balaban J connectivity index is 2.69. The van der Waals surface area contributed by atoms with Crippen LogP contribution in [0.25, 0.3) is 0 Å². The third kappa shape index (κ3) is 3.45. The molecule has 104 valence electrons. The van der Waals surface area contributed by atoms with E-state index in [0.717, 1.165) is 12.8 Å². The Bertz CT molecular complexity index is 341. The second kappa shape index (κ2) is 4.88. The zero-order valence-electron chi connectivity index (χ0n) is 11.6. The van der Waals surface area contributed by atoms with Crippen molar-refractivity contribution in [2.24, 2.45) is 17.1 Å². The van der Waals surface area contributed by atoms with Gasteiger partial charge >= 0.3 is 5.97 Å². The Labute approximate surface area is 108 Å².